The summed E-state index contributed by atoms with van der Waals surface area (Å²) in [7, 11) is 0. The summed E-state index contributed by atoms with van der Waals surface area (Å²) < 4.78 is 5.48. The third-order valence-corrected chi connectivity index (χ3v) is 3.74. The minimum atomic E-state index is 0.751. The highest BCUT2D eigenvalue weighted by atomic mass is 16.5. The lowest BCUT2D eigenvalue weighted by molar-refractivity contribution is 0.134. The smallest absolute Gasteiger partial charge is 0.0725 e. The summed E-state index contributed by atoms with van der Waals surface area (Å²) in [4.78, 5) is 0. The van der Waals surface area contributed by atoms with Crippen molar-refractivity contribution in [2.24, 2.45) is 0 Å². The Morgan fingerprint density at radius 2 is 1.85 bits per heavy atom. The predicted octanol–water partition coefficient (Wildman–Crippen LogP) is 3.88. The first kappa shape index (κ1) is 13.3. The minimum Gasteiger partial charge on any atom is -0.372 e. The number of hydrogen-bond acceptors (Lipinski definition) is 2. The van der Waals surface area contributed by atoms with Gasteiger partial charge in [0.15, 0.2) is 0 Å². The van der Waals surface area contributed by atoms with E-state index >= 15 is 0 Å². The number of fused-ring (bicyclic) bond motifs is 1. The highest BCUT2D eigenvalue weighted by Gasteiger charge is 2.11. The van der Waals surface area contributed by atoms with E-state index < -0.39 is 0 Å². The third kappa shape index (κ3) is 2.92. The summed E-state index contributed by atoms with van der Waals surface area (Å²) >= 11 is 0. The van der Waals surface area contributed by atoms with Gasteiger partial charge in [0.1, 0.15) is 0 Å². The van der Waals surface area contributed by atoms with E-state index in [-0.39, 0.29) is 0 Å². The van der Waals surface area contributed by atoms with Crippen LogP contribution in [0.3, 0.4) is 0 Å². The number of rotatable bonds is 5. The van der Waals surface area contributed by atoms with Gasteiger partial charge in [0, 0.05) is 6.54 Å². The van der Waals surface area contributed by atoms with Crippen LogP contribution in [-0.2, 0) is 24.5 Å². The average Bonchev–Trinajstić information content (AvgIpc) is 2.95. The molecule has 0 bridgehead atoms. The van der Waals surface area contributed by atoms with Crippen LogP contribution in [-0.4, -0.2) is 6.54 Å². The molecular formula is C18H21NO. The molecule has 2 nitrogen and oxygen atoms in total. The van der Waals surface area contributed by atoms with Gasteiger partial charge in [0.05, 0.1) is 13.2 Å². The lowest BCUT2D eigenvalue weighted by Crippen LogP contribution is -2.13. The molecule has 20 heavy (non-hydrogen) atoms. The van der Waals surface area contributed by atoms with Crippen LogP contribution in [0.4, 0.5) is 0 Å². The Morgan fingerprint density at radius 1 is 1.00 bits per heavy atom. The Bertz CT molecular complexity index is 592. The fraction of sp³-hybridized carbons (Fsp3) is 0.333. The molecule has 2 aromatic carbocycles. The van der Waals surface area contributed by atoms with Gasteiger partial charge < -0.3 is 10.1 Å². The van der Waals surface area contributed by atoms with Crippen molar-refractivity contribution < 1.29 is 4.74 Å². The van der Waals surface area contributed by atoms with Crippen molar-refractivity contribution in [3.63, 3.8) is 0 Å². The molecule has 2 aromatic rings. The lowest BCUT2D eigenvalue weighted by atomic mass is 9.99. The Labute approximate surface area is 120 Å². The van der Waals surface area contributed by atoms with Crippen LogP contribution >= 0.6 is 0 Å². The van der Waals surface area contributed by atoms with Crippen LogP contribution in [0.5, 0.6) is 0 Å². The number of ether oxygens (including phenoxy) is 1. The van der Waals surface area contributed by atoms with Crippen LogP contribution in [0.1, 0.15) is 30.0 Å². The second-order valence-electron chi connectivity index (χ2n) is 5.35. The van der Waals surface area contributed by atoms with Crippen molar-refractivity contribution in [2.75, 3.05) is 6.54 Å². The van der Waals surface area contributed by atoms with Crippen molar-refractivity contribution in [3.8, 4) is 11.1 Å². The third-order valence-electron chi connectivity index (χ3n) is 3.74. The minimum absolute atomic E-state index is 0.751. The molecule has 1 aliphatic heterocycles. The Hall–Kier alpha value is -1.64. The molecule has 0 aromatic heterocycles. The summed E-state index contributed by atoms with van der Waals surface area (Å²) in [6, 6.07) is 15.4. The van der Waals surface area contributed by atoms with Gasteiger partial charge in [-0.25, -0.2) is 0 Å². The zero-order valence-electron chi connectivity index (χ0n) is 12.0. The molecule has 1 aliphatic rings. The van der Waals surface area contributed by atoms with E-state index in [4.69, 9.17) is 4.74 Å². The van der Waals surface area contributed by atoms with E-state index in [1.54, 1.807) is 0 Å². The molecule has 104 valence electrons. The predicted molar refractivity (Wildman–Crippen MR) is 82.4 cm³/mol. The number of nitrogens with one attached hydrogen (secondary N) is 1. The maximum Gasteiger partial charge on any atom is 0.0725 e. The molecule has 0 fully saturated rings. The zero-order chi connectivity index (χ0) is 13.8. The normalized spacial score (nSPS) is 13.4. The molecule has 0 amide bonds. The maximum absolute atomic E-state index is 5.48. The molecule has 1 N–H and O–H groups in total. The Morgan fingerprint density at radius 3 is 2.75 bits per heavy atom. The van der Waals surface area contributed by atoms with Crippen LogP contribution in [0.2, 0.25) is 0 Å². The largest absolute Gasteiger partial charge is 0.372 e. The summed E-state index contributed by atoms with van der Waals surface area (Å²) in [5, 5.41) is 3.45. The molecule has 0 atom stereocenters. The first-order chi connectivity index (χ1) is 9.86. The Kier molecular flexibility index (Phi) is 4.14. The lowest BCUT2D eigenvalue weighted by Gasteiger charge is -2.08. The molecule has 0 aliphatic carbocycles. The summed E-state index contributed by atoms with van der Waals surface area (Å²) in [5.41, 5.74) is 6.57. The van der Waals surface area contributed by atoms with Crippen molar-refractivity contribution in [1.29, 1.82) is 0 Å². The number of benzene rings is 2. The van der Waals surface area contributed by atoms with Gasteiger partial charge in [0.25, 0.3) is 0 Å². The first-order valence-corrected chi connectivity index (χ1v) is 7.36. The van der Waals surface area contributed by atoms with Crippen molar-refractivity contribution in [3.05, 3.63) is 59.2 Å². The molecule has 0 radical (unpaired) electrons. The van der Waals surface area contributed by atoms with Crippen LogP contribution in [0, 0.1) is 0 Å². The van der Waals surface area contributed by atoms with E-state index in [1.165, 1.54) is 34.2 Å². The van der Waals surface area contributed by atoms with Crippen molar-refractivity contribution >= 4 is 0 Å². The molecule has 0 saturated carbocycles. The van der Waals surface area contributed by atoms with Gasteiger partial charge >= 0.3 is 0 Å². The van der Waals surface area contributed by atoms with E-state index in [1.807, 2.05) is 0 Å². The molecule has 3 rings (SSSR count). The van der Waals surface area contributed by atoms with Gasteiger partial charge in [-0.2, -0.15) is 0 Å². The van der Waals surface area contributed by atoms with Crippen LogP contribution in [0.25, 0.3) is 11.1 Å². The molecular weight excluding hydrogens is 246 g/mol. The molecule has 1 heterocycles. The van der Waals surface area contributed by atoms with E-state index in [0.717, 1.165) is 26.3 Å². The van der Waals surface area contributed by atoms with Gasteiger partial charge in [-0.3, -0.25) is 0 Å². The highest BCUT2D eigenvalue weighted by Crippen LogP contribution is 2.27. The average molecular weight is 267 g/mol. The fourth-order valence-corrected chi connectivity index (χ4v) is 2.62. The van der Waals surface area contributed by atoms with Gasteiger partial charge in [-0.1, -0.05) is 37.3 Å². The second-order valence-corrected chi connectivity index (χ2v) is 5.35. The molecule has 0 unspecified atom stereocenters. The molecule has 0 saturated heterocycles. The summed E-state index contributed by atoms with van der Waals surface area (Å²) in [6.07, 6.45) is 1.17. The zero-order valence-corrected chi connectivity index (χ0v) is 12.0. The quantitative estimate of drug-likeness (QED) is 0.830. The molecule has 0 spiro atoms. The van der Waals surface area contributed by atoms with E-state index in [2.05, 4.69) is 54.7 Å². The fourth-order valence-electron chi connectivity index (χ4n) is 2.62. The summed E-state index contributed by atoms with van der Waals surface area (Å²) in [5.74, 6) is 0. The van der Waals surface area contributed by atoms with Gasteiger partial charge in [0.2, 0.25) is 0 Å². The van der Waals surface area contributed by atoms with E-state index in [9.17, 15) is 0 Å². The standard InChI is InChI=1S/C18H21NO/c1-2-8-19-11-14-4-3-5-15(9-14)16-6-7-17-12-20-13-18(17)10-16/h3-7,9-10,19H,2,8,11-13H2,1H3. The Balaban J connectivity index is 1.81. The SMILES string of the molecule is CCCNCc1cccc(-c2ccc3c(c2)COC3)c1. The second kappa shape index (κ2) is 6.21. The highest BCUT2D eigenvalue weighted by molar-refractivity contribution is 5.65. The monoisotopic (exact) mass is 267 g/mol. The topological polar surface area (TPSA) is 21.3 Å². The first-order valence-electron chi connectivity index (χ1n) is 7.36. The van der Waals surface area contributed by atoms with Crippen LogP contribution in [0.15, 0.2) is 42.5 Å². The van der Waals surface area contributed by atoms with Crippen molar-refractivity contribution in [2.45, 2.75) is 33.1 Å². The summed E-state index contributed by atoms with van der Waals surface area (Å²) in [6.45, 7) is 5.71. The van der Waals surface area contributed by atoms with Gasteiger partial charge in [-0.15, -0.1) is 0 Å². The van der Waals surface area contributed by atoms with Gasteiger partial charge in [-0.05, 0) is 52.9 Å². The number of hydrogen-bond donors (Lipinski definition) is 1. The van der Waals surface area contributed by atoms with E-state index in [0.29, 0.717) is 0 Å². The van der Waals surface area contributed by atoms with Crippen LogP contribution < -0.4 is 5.32 Å². The molecule has 2 heteroatoms. The van der Waals surface area contributed by atoms with Crippen molar-refractivity contribution in [1.82, 2.24) is 5.32 Å². The maximum atomic E-state index is 5.48.